The molecule has 0 fully saturated rings. The van der Waals surface area contributed by atoms with Crippen LogP contribution >= 0.6 is 0 Å². The highest BCUT2D eigenvalue weighted by Crippen LogP contribution is 2.21. The quantitative estimate of drug-likeness (QED) is 0.691. The van der Waals surface area contributed by atoms with Gasteiger partial charge < -0.3 is 0 Å². The highest BCUT2D eigenvalue weighted by molar-refractivity contribution is 6.61. The van der Waals surface area contributed by atoms with E-state index in [1.807, 2.05) is 0 Å². The van der Waals surface area contributed by atoms with Gasteiger partial charge in [-0.25, -0.2) is 0 Å². The van der Waals surface area contributed by atoms with Crippen molar-refractivity contribution >= 4 is 14.7 Å². The van der Waals surface area contributed by atoms with Crippen LogP contribution in [0.25, 0.3) is 0 Å². The summed E-state index contributed by atoms with van der Waals surface area (Å²) in [5, 5.41) is 3.12. The summed E-state index contributed by atoms with van der Waals surface area (Å²) in [4.78, 5) is 0. The minimum absolute atomic E-state index is 0.862. The molecule has 0 atom stereocenters. The fourth-order valence-electron chi connectivity index (χ4n) is 2.08. The zero-order chi connectivity index (χ0) is 11.4. The zero-order valence-electron chi connectivity index (χ0n) is 10.1. The smallest absolute Gasteiger partial charge is 0.0806 e. The second-order valence-corrected chi connectivity index (χ2v) is 5.79. The Morgan fingerprint density at radius 3 is 2.94 bits per heavy atom. The predicted molar refractivity (Wildman–Crippen MR) is 72.3 cm³/mol. The van der Waals surface area contributed by atoms with Crippen LogP contribution in [-0.4, -0.2) is 9.52 Å². The Bertz CT molecular complexity index is 427. The van der Waals surface area contributed by atoms with Crippen molar-refractivity contribution in [2.24, 2.45) is 0 Å². The highest BCUT2D eigenvalue weighted by atomic mass is 28.2. The third-order valence-electron chi connectivity index (χ3n) is 2.86. The molecule has 0 aromatic heterocycles. The Morgan fingerprint density at radius 2 is 2.19 bits per heavy atom. The second kappa shape index (κ2) is 5.31. The molecule has 0 nitrogen and oxygen atoms in total. The Kier molecular flexibility index (Phi) is 3.78. The van der Waals surface area contributed by atoms with Crippen LogP contribution < -0.4 is 5.19 Å². The van der Waals surface area contributed by atoms with Crippen molar-refractivity contribution in [1.29, 1.82) is 0 Å². The monoisotopic (exact) mass is 226 g/mol. The van der Waals surface area contributed by atoms with Crippen LogP contribution in [-0.2, 0) is 0 Å². The van der Waals surface area contributed by atoms with E-state index in [0.29, 0.717) is 0 Å². The number of benzene rings is 1. The maximum absolute atomic E-state index is 2.32. The fourth-order valence-corrected chi connectivity index (χ4v) is 3.50. The van der Waals surface area contributed by atoms with Crippen molar-refractivity contribution in [3.8, 4) is 0 Å². The first kappa shape index (κ1) is 11.4. The Hall–Kier alpha value is -1.08. The van der Waals surface area contributed by atoms with Gasteiger partial charge in [0.05, 0.1) is 0 Å². The van der Waals surface area contributed by atoms with Gasteiger partial charge in [-0.3, -0.25) is 0 Å². The van der Waals surface area contributed by atoms with Gasteiger partial charge >= 0.3 is 0 Å². The molecule has 0 aliphatic heterocycles. The molecular weight excluding hydrogens is 208 g/mol. The van der Waals surface area contributed by atoms with Crippen molar-refractivity contribution < 1.29 is 0 Å². The number of rotatable bonds is 4. The molecule has 1 aliphatic carbocycles. The van der Waals surface area contributed by atoms with Crippen molar-refractivity contribution in [1.82, 2.24) is 0 Å². The van der Waals surface area contributed by atoms with Gasteiger partial charge in [0.15, 0.2) is 0 Å². The normalized spacial score (nSPS) is 14.9. The first-order valence-electron chi connectivity index (χ1n) is 6.02. The molecule has 0 spiro atoms. The highest BCUT2D eigenvalue weighted by Gasteiger charge is 2.10. The summed E-state index contributed by atoms with van der Waals surface area (Å²) < 4.78 is 0. The molecule has 0 saturated carbocycles. The van der Waals surface area contributed by atoms with E-state index in [1.54, 1.807) is 10.8 Å². The van der Waals surface area contributed by atoms with Crippen LogP contribution in [0.4, 0.5) is 0 Å². The second-order valence-electron chi connectivity index (χ2n) is 4.35. The van der Waals surface area contributed by atoms with Crippen molar-refractivity contribution in [2.75, 3.05) is 0 Å². The van der Waals surface area contributed by atoms with E-state index >= 15 is 0 Å². The molecule has 0 bridgehead atoms. The Labute approximate surface area is 101 Å². The Balaban J connectivity index is 2.12. The summed E-state index contributed by atoms with van der Waals surface area (Å²) in [6.07, 6.45) is 8.29. The van der Waals surface area contributed by atoms with Gasteiger partial charge in [0.2, 0.25) is 0 Å². The van der Waals surface area contributed by atoms with E-state index in [4.69, 9.17) is 0 Å². The average molecular weight is 226 g/mol. The van der Waals surface area contributed by atoms with Gasteiger partial charge in [-0.2, -0.15) is 0 Å². The maximum atomic E-state index is 2.32. The van der Waals surface area contributed by atoms with Gasteiger partial charge in [-0.05, 0) is 19.8 Å². The van der Waals surface area contributed by atoms with E-state index in [-0.39, 0.29) is 0 Å². The maximum Gasteiger partial charge on any atom is 0.116 e. The number of aryl methyl sites for hydroxylation is 1. The van der Waals surface area contributed by atoms with E-state index in [2.05, 4.69) is 50.3 Å². The van der Waals surface area contributed by atoms with Crippen molar-refractivity contribution in [2.45, 2.75) is 33.1 Å². The number of hydrogen-bond donors (Lipinski definition) is 0. The van der Waals surface area contributed by atoms with Gasteiger partial charge in [-0.15, -0.1) is 0 Å². The standard InChI is InChI=1S/C15H18Si/c1-3-6-13-8-5-10-15(13)16-14-9-4-7-12(2)11-14/h4-5,7-9,11H,3,6,10H2,1-2H3. The summed E-state index contributed by atoms with van der Waals surface area (Å²) in [6, 6.07) is 8.90. The van der Waals surface area contributed by atoms with Crippen LogP contribution in [0, 0.1) is 6.92 Å². The lowest BCUT2D eigenvalue weighted by Gasteiger charge is -2.06. The summed E-state index contributed by atoms with van der Waals surface area (Å²) in [5.74, 6) is 0. The molecule has 2 rings (SSSR count). The van der Waals surface area contributed by atoms with Crippen LogP contribution in [0.5, 0.6) is 0 Å². The molecule has 0 unspecified atom stereocenters. The first-order chi connectivity index (χ1) is 7.79. The van der Waals surface area contributed by atoms with E-state index < -0.39 is 0 Å². The molecule has 0 saturated heterocycles. The molecule has 1 heteroatoms. The Morgan fingerprint density at radius 1 is 1.31 bits per heavy atom. The lowest BCUT2D eigenvalue weighted by Crippen LogP contribution is -2.16. The molecular formula is C15H18Si. The third-order valence-corrected chi connectivity index (χ3v) is 4.29. The SMILES string of the molecule is CCCC1=C([Si]c2cccc(C)c2)CC=C1. The van der Waals surface area contributed by atoms with Gasteiger partial charge in [-0.1, -0.05) is 71.3 Å². The first-order valence-corrected chi connectivity index (χ1v) is 7.02. The third kappa shape index (κ3) is 2.73. The van der Waals surface area contributed by atoms with Gasteiger partial charge in [0, 0.05) is 0 Å². The molecule has 1 aromatic carbocycles. The molecule has 2 radical (unpaired) electrons. The summed E-state index contributed by atoms with van der Waals surface area (Å²) >= 11 is 0. The van der Waals surface area contributed by atoms with Crippen molar-refractivity contribution in [3.05, 3.63) is 52.8 Å². The lowest BCUT2D eigenvalue weighted by molar-refractivity contribution is 0.924. The molecule has 82 valence electrons. The van der Waals surface area contributed by atoms with E-state index in [9.17, 15) is 0 Å². The molecule has 0 heterocycles. The number of hydrogen-bond acceptors (Lipinski definition) is 0. The molecule has 16 heavy (non-hydrogen) atoms. The van der Waals surface area contributed by atoms with Gasteiger partial charge in [0.1, 0.15) is 9.52 Å². The van der Waals surface area contributed by atoms with Crippen LogP contribution in [0.3, 0.4) is 0 Å². The molecule has 1 aromatic rings. The molecule has 1 aliphatic rings. The summed E-state index contributed by atoms with van der Waals surface area (Å²) in [7, 11) is 0.862. The minimum Gasteiger partial charge on any atom is -0.0806 e. The van der Waals surface area contributed by atoms with Gasteiger partial charge in [0.25, 0.3) is 0 Å². The largest absolute Gasteiger partial charge is 0.116 e. The fraction of sp³-hybridized carbons (Fsp3) is 0.333. The topological polar surface area (TPSA) is 0 Å². The number of allylic oxidation sites excluding steroid dienone is 4. The molecule has 0 amide bonds. The van der Waals surface area contributed by atoms with Crippen LogP contribution in [0.2, 0.25) is 0 Å². The minimum atomic E-state index is 0.862. The zero-order valence-corrected chi connectivity index (χ0v) is 11.1. The average Bonchev–Trinajstić information content (AvgIpc) is 2.66. The lowest BCUT2D eigenvalue weighted by atomic mass is 10.2. The summed E-state index contributed by atoms with van der Waals surface area (Å²) in [5.41, 5.74) is 2.95. The van der Waals surface area contributed by atoms with E-state index in [1.165, 1.54) is 30.0 Å². The summed E-state index contributed by atoms with van der Waals surface area (Å²) in [6.45, 7) is 4.43. The predicted octanol–water partition coefficient (Wildman–Crippen LogP) is 3.34. The molecule has 0 N–H and O–H groups in total. The van der Waals surface area contributed by atoms with Crippen molar-refractivity contribution in [3.63, 3.8) is 0 Å². The van der Waals surface area contributed by atoms with E-state index in [0.717, 1.165) is 9.52 Å². The van der Waals surface area contributed by atoms with Crippen LogP contribution in [0.1, 0.15) is 31.7 Å². The van der Waals surface area contributed by atoms with Crippen LogP contribution in [0.15, 0.2) is 47.2 Å².